The number of halogens is 1. The molecule has 92 valence electrons. The predicted molar refractivity (Wildman–Crippen MR) is 64.5 cm³/mol. The van der Waals surface area contributed by atoms with Gasteiger partial charge in [-0.25, -0.2) is 9.18 Å². The van der Waals surface area contributed by atoms with Crippen LogP contribution in [0.3, 0.4) is 0 Å². The lowest BCUT2D eigenvalue weighted by molar-refractivity contribution is 0.0257. The van der Waals surface area contributed by atoms with Gasteiger partial charge in [0.05, 0.1) is 12.6 Å². The van der Waals surface area contributed by atoms with Gasteiger partial charge >= 0.3 is 6.09 Å². The van der Waals surface area contributed by atoms with Crippen molar-refractivity contribution in [2.24, 2.45) is 0 Å². The van der Waals surface area contributed by atoms with Gasteiger partial charge in [-0.3, -0.25) is 4.90 Å². The van der Waals surface area contributed by atoms with Crippen molar-refractivity contribution in [1.29, 1.82) is 0 Å². The van der Waals surface area contributed by atoms with Crippen LogP contribution in [0.5, 0.6) is 0 Å². The Bertz CT molecular complexity index is 301. The van der Waals surface area contributed by atoms with Gasteiger partial charge in [-0.2, -0.15) is 0 Å². The fourth-order valence-electron chi connectivity index (χ4n) is 1.69. The largest absolute Gasteiger partial charge is 0.444 e. The number of likely N-dealkylation sites (tertiary alicyclic amines) is 1. The average Bonchev–Trinajstić information content (AvgIpc) is 2.44. The van der Waals surface area contributed by atoms with Crippen molar-refractivity contribution in [3.05, 3.63) is 0 Å². The minimum Gasteiger partial charge on any atom is -0.444 e. The number of carbonyl (C=O) groups excluding carboxylic acids is 1. The van der Waals surface area contributed by atoms with Gasteiger partial charge in [-0.1, -0.05) is 12.2 Å². The van der Waals surface area contributed by atoms with E-state index in [2.05, 4.69) is 0 Å². The third-order valence-corrected chi connectivity index (χ3v) is 2.62. The zero-order valence-electron chi connectivity index (χ0n) is 10.1. The number of carbonyl (C=O) groups is 1. The van der Waals surface area contributed by atoms with Crippen molar-refractivity contribution in [2.75, 3.05) is 6.54 Å². The number of nitrogens with zero attached hydrogens (tertiary/aromatic N) is 1. The highest BCUT2D eigenvalue weighted by Gasteiger charge is 2.38. The molecule has 16 heavy (non-hydrogen) atoms. The van der Waals surface area contributed by atoms with Crippen molar-refractivity contribution >= 4 is 23.2 Å². The Hall–Kier alpha value is -0.710. The zero-order chi connectivity index (χ0) is 12.5. The molecule has 1 heterocycles. The molecule has 0 aromatic heterocycles. The van der Waals surface area contributed by atoms with Crippen molar-refractivity contribution in [3.63, 3.8) is 0 Å². The standard InChI is InChI=1S/C11H18FNO2S/c1-7(16)9-5-8(12)6-13(9)10(14)15-11(2,3)4/h8-9H,5-6H2,1-4H3/t8-,9+/m1/s1. The first kappa shape index (κ1) is 13.4. The lowest BCUT2D eigenvalue weighted by Crippen LogP contribution is -2.42. The maximum Gasteiger partial charge on any atom is 0.410 e. The highest BCUT2D eigenvalue weighted by atomic mass is 32.1. The highest BCUT2D eigenvalue weighted by molar-refractivity contribution is 7.80. The van der Waals surface area contributed by atoms with Crippen LogP contribution in [-0.2, 0) is 4.74 Å². The zero-order valence-corrected chi connectivity index (χ0v) is 10.9. The molecule has 0 bridgehead atoms. The van der Waals surface area contributed by atoms with Crippen molar-refractivity contribution in [3.8, 4) is 0 Å². The van der Waals surface area contributed by atoms with Crippen LogP contribution in [0.2, 0.25) is 0 Å². The van der Waals surface area contributed by atoms with Gasteiger partial charge in [0.1, 0.15) is 11.8 Å². The first-order valence-corrected chi connectivity index (χ1v) is 5.75. The number of ether oxygens (including phenoxy) is 1. The van der Waals surface area contributed by atoms with Crippen LogP contribution in [0.4, 0.5) is 9.18 Å². The summed E-state index contributed by atoms with van der Waals surface area (Å²) in [5, 5.41) is 0. The molecule has 0 unspecified atom stereocenters. The van der Waals surface area contributed by atoms with Crippen LogP contribution in [0.15, 0.2) is 0 Å². The Labute approximate surface area is 101 Å². The van der Waals surface area contributed by atoms with Crippen LogP contribution in [-0.4, -0.2) is 40.2 Å². The van der Waals surface area contributed by atoms with Gasteiger partial charge in [0.25, 0.3) is 0 Å². The van der Waals surface area contributed by atoms with E-state index in [0.717, 1.165) is 0 Å². The molecular weight excluding hydrogens is 229 g/mol. The van der Waals surface area contributed by atoms with Gasteiger partial charge in [0.2, 0.25) is 0 Å². The van der Waals surface area contributed by atoms with E-state index in [4.69, 9.17) is 17.0 Å². The normalized spacial score (nSPS) is 25.7. The molecule has 0 aromatic carbocycles. The average molecular weight is 247 g/mol. The molecule has 0 N–H and O–H groups in total. The summed E-state index contributed by atoms with van der Waals surface area (Å²) in [6.45, 7) is 7.16. The molecule has 2 atom stereocenters. The summed E-state index contributed by atoms with van der Waals surface area (Å²) in [5.41, 5.74) is -0.564. The minimum atomic E-state index is -1.00. The van der Waals surface area contributed by atoms with Gasteiger partial charge in [-0.15, -0.1) is 0 Å². The SMILES string of the molecule is CC(=S)[C@@H]1C[C@@H](F)CN1C(=O)OC(C)(C)C. The second-order valence-electron chi connectivity index (χ2n) is 5.09. The Morgan fingerprint density at radius 1 is 1.50 bits per heavy atom. The molecule has 1 aliphatic rings. The Kier molecular flexibility index (Phi) is 3.88. The van der Waals surface area contributed by atoms with Crippen LogP contribution < -0.4 is 0 Å². The number of rotatable bonds is 1. The van der Waals surface area contributed by atoms with E-state index in [1.54, 1.807) is 27.7 Å². The van der Waals surface area contributed by atoms with Crippen molar-refractivity contribution < 1.29 is 13.9 Å². The Morgan fingerprint density at radius 3 is 2.50 bits per heavy atom. The predicted octanol–water partition coefficient (Wildman–Crippen LogP) is 2.72. The number of hydrogen-bond acceptors (Lipinski definition) is 3. The van der Waals surface area contributed by atoms with Crippen molar-refractivity contribution in [1.82, 2.24) is 4.90 Å². The van der Waals surface area contributed by atoms with Crippen LogP contribution in [0.25, 0.3) is 0 Å². The van der Waals surface area contributed by atoms with E-state index in [0.29, 0.717) is 4.86 Å². The topological polar surface area (TPSA) is 29.5 Å². The van der Waals surface area contributed by atoms with Gasteiger partial charge in [-0.05, 0) is 27.7 Å². The summed E-state index contributed by atoms with van der Waals surface area (Å²) in [4.78, 5) is 13.8. The molecule has 0 aliphatic carbocycles. The van der Waals surface area contributed by atoms with E-state index in [-0.39, 0.29) is 19.0 Å². The monoisotopic (exact) mass is 247 g/mol. The van der Waals surface area contributed by atoms with Crippen LogP contribution in [0.1, 0.15) is 34.1 Å². The Balaban J connectivity index is 2.71. The summed E-state index contributed by atoms with van der Waals surface area (Å²) >= 11 is 5.03. The van der Waals surface area contributed by atoms with Gasteiger partial charge in [0.15, 0.2) is 0 Å². The number of hydrogen-bond donors (Lipinski definition) is 0. The van der Waals surface area contributed by atoms with Crippen LogP contribution in [0, 0.1) is 0 Å². The molecule has 1 aliphatic heterocycles. The fraction of sp³-hybridized carbons (Fsp3) is 0.818. The minimum absolute atomic E-state index is 0.0769. The third kappa shape index (κ3) is 3.40. The quantitative estimate of drug-likeness (QED) is 0.667. The number of amides is 1. The Morgan fingerprint density at radius 2 is 2.06 bits per heavy atom. The molecule has 5 heteroatoms. The van der Waals surface area contributed by atoms with E-state index in [1.165, 1.54) is 4.90 Å². The lowest BCUT2D eigenvalue weighted by atomic mass is 10.1. The molecule has 1 saturated heterocycles. The van der Waals surface area contributed by atoms with Gasteiger partial charge < -0.3 is 4.74 Å². The molecule has 1 rings (SSSR count). The van der Waals surface area contributed by atoms with E-state index in [1.807, 2.05) is 0 Å². The first-order valence-electron chi connectivity index (χ1n) is 5.35. The highest BCUT2D eigenvalue weighted by Crippen LogP contribution is 2.24. The lowest BCUT2D eigenvalue weighted by Gasteiger charge is -2.28. The molecule has 0 saturated carbocycles. The summed E-state index contributed by atoms with van der Waals surface area (Å²) in [7, 11) is 0. The maximum atomic E-state index is 13.3. The first-order chi connectivity index (χ1) is 7.20. The molecule has 3 nitrogen and oxygen atoms in total. The number of thiocarbonyl (C=S) groups is 1. The number of alkyl halides is 1. The van der Waals surface area contributed by atoms with Gasteiger partial charge in [0, 0.05) is 11.3 Å². The molecule has 0 spiro atoms. The summed E-state index contributed by atoms with van der Waals surface area (Å²) in [6, 6.07) is -0.306. The third-order valence-electron chi connectivity index (χ3n) is 2.35. The second kappa shape index (κ2) is 4.65. The molecule has 1 amide bonds. The smallest absolute Gasteiger partial charge is 0.410 e. The molecule has 0 aromatic rings. The summed E-state index contributed by atoms with van der Waals surface area (Å²) < 4.78 is 18.5. The molecule has 1 fully saturated rings. The second-order valence-corrected chi connectivity index (χ2v) is 5.74. The maximum absolute atomic E-state index is 13.3. The summed E-state index contributed by atoms with van der Waals surface area (Å²) in [6.07, 6.45) is -1.20. The molecule has 0 radical (unpaired) electrons. The van der Waals surface area contributed by atoms with E-state index in [9.17, 15) is 9.18 Å². The molecular formula is C11H18FNO2S. The fourth-order valence-corrected chi connectivity index (χ4v) is 1.92. The van der Waals surface area contributed by atoms with Crippen LogP contribution >= 0.6 is 12.2 Å². The van der Waals surface area contributed by atoms with E-state index < -0.39 is 17.9 Å². The summed E-state index contributed by atoms with van der Waals surface area (Å²) in [5.74, 6) is 0. The van der Waals surface area contributed by atoms with E-state index >= 15 is 0 Å². The van der Waals surface area contributed by atoms with Crippen molar-refractivity contribution in [2.45, 2.75) is 51.9 Å².